The van der Waals surface area contributed by atoms with E-state index in [1.807, 2.05) is 48.5 Å². The van der Waals surface area contributed by atoms with Crippen LogP contribution in [-0.2, 0) is 4.74 Å². The first-order chi connectivity index (χ1) is 10.8. The highest BCUT2D eigenvalue weighted by Crippen LogP contribution is 2.26. The first-order valence-corrected chi connectivity index (χ1v) is 7.12. The predicted molar refractivity (Wildman–Crippen MR) is 88.7 cm³/mol. The van der Waals surface area contributed by atoms with Crippen molar-refractivity contribution >= 4 is 5.97 Å². The van der Waals surface area contributed by atoms with Crippen molar-refractivity contribution < 1.29 is 9.53 Å². The van der Waals surface area contributed by atoms with Gasteiger partial charge in [0.2, 0.25) is 0 Å². The molecule has 0 radical (unpaired) electrons. The topological polar surface area (TPSA) is 26.3 Å². The normalized spacial score (nSPS) is 10.2. The molecule has 2 nitrogen and oxygen atoms in total. The zero-order valence-corrected chi connectivity index (χ0v) is 12.3. The van der Waals surface area contributed by atoms with Gasteiger partial charge in [0, 0.05) is 0 Å². The molecule has 0 saturated carbocycles. The van der Waals surface area contributed by atoms with Crippen molar-refractivity contribution in [2.45, 2.75) is 0 Å². The first kappa shape index (κ1) is 14.1. The molecule has 0 amide bonds. The van der Waals surface area contributed by atoms with Gasteiger partial charge >= 0.3 is 5.97 Å². The van der Waals surface area contributed by atoms with E-state index in [9.17, 15) is 4.79 Å². The van der Waals surface area contributed by atoms with Crippen LogP contribution in [-0.4, -0.2) is 13.1 Å². The summed E-state index contributed by atoms with van der Waals surface area (Å²) in [6, 6.07) is 26.0. The zero-order valence-electron chi connectivity index (χ0n) is 12.3. The molecule has 0 N–H and O–H groups in total. The summed E-state index contributed by atoms with van der Waals surface area (Å²) in [4.78, 5) is 11.7. The van der Waals surface area contributed by atoms with E-state index in [4.69, 9.17) is 4.74 Å². The average molecular weight is 288 g/mol. The van der Waals surface area contributed by atoms with Crippen molar-refractivity contribution in [3.8, 4) is 22.3 Å². The zero-order chi connectivity index (χ0) is 15.4. The number of hydrogen-bond donors (Lipinski definition) is 0. The molecule has 0 saturated heterocycles. The first-order valence-electron chi connectivity index (χ1n) is 7.12. The van der Waals surface area contributed by atoms with Crippen LogP contribution in [0.1, 0.15) is 10.4 Å². The van der Waals surface area contributed by atoms with Gasteiger partial charge in [-0.1, -0.05) is 60.7 Å². The summed E-state index contributed by atoms with van der Waals surface area (Å²) in [5.74, 6) is -0.318. The molecule has 0 heterocycles. The number of esters is 1. The van der Waals surface area contributed by atoms with E-state index < -0.39 is 0 Å². The Kier molecular flexibility index (Phi) is 4.01. The van der Waals surface area contributed by atoms with E-state index in [-0.39, 0.29) is 5.97 Å². The lowest BCUT2D eigenvalue weighted by atomic mass is 9.98. The molecule has 0 aliphatic heterocycles. The Morgan fingerprint density at radius 2 is 1.23 bits per heavy atom. The van der Waals surface area contributed by atoms with Gasteiger partial charge in [0.05, 0.1) is 12.7 Å². The van der Waals surface area contributed by atoms with Crippen molar-refractivity contribution in [3.63, 3.8) is 0 Å². The second-order valence-electron chi connectivity index (χ2n) is 5.02. The largest absolute Gasteiger partial charge is 0.465 e. The summed E-state index contributed by atoms with van der Waals surface area (Å²) in [6.07, 6.45) is 0. The highest BCUT2D eigenvalue weighted by Gasteiger charge is 2.07. The minimum atomic E-state index is -0.318. The van der Waals surface area contributed by atoms with Gasteiger partial charge < -0.3 is 4.74 Å². The molecule has 0 unspecified atom stereocenters. The molecule has 0 aliphatic carbocycles. The quantitative estimate of drug-likeness (QED) is 0.647. The van der Waals surface area contributed by atoms with E-state index >= 15 is 0 Å². The highest BCUT2D eigenvalue weighted by atomic mass is 16.5. The Morgan fingerprint density at radius 1 is 0.682 bits per heavy atom. The van der Waals surface area contributed by atoms with E-state index in [1.165, 1.54) is 12.7 Å². The number of carbonyl (C=O) groups is 1. The van der Waals surface area contributed by atoms with Gasteiger partial charge in [-0.15, -0.1) is 0 Å². The summed E-state index contributed by atoms with van der Waals surface area (Å²) in [7, 11) is 1.39. The van der Waals surface area contributed by atoms with E-state index in [0.717, 1.165) is 16.7 Å². The van der Waals surface area contributed by atoms with Crippen LogP contribution in [0.5, 0.6) is 0 Å². The predicted octanol–water partition coefficient (Wildman–Crippen LogP) is 4.81. The van der Waals surface area contributed by atoms with Crippen molar-refractivity contribution in [3.05, 3.63) is 84.4 Å². The molecule has 0 fully saturated rings. The van der Waals surface area contributed by atoms with Crippen molar-refractivity contribution in [1.82, 2.24) is 0 Å². The van der Waals surface area contributed by atoms with Gasteiger partial charge in [-0.05, 0) is 40.5 Å². The van der Waals surface area contributed by atoms with Crippen LogP contribution in [0.15, 0.2) is 78.9 Å². The molecule has 0 aromatic heterocycles. The lowest BCUT2D eigenvalue weighted by molar-refractivity contribution is 0.0601. The summed E-state index contributed by atoms with van der Waals surface area (Å²) in [6.45, 7) is 0. The lowest BCUT2D eigenvalue weighted by Gasteiger charge is -2.07. The maximum atomic E-state index is 11.7. The summed E-state index contributed by atoms with van der Waals surface area (Å²) in [5, 5.41) is 0. The molecule has 3 rings (SSSR count). The molecule has 2 heteroatoms. The van der Waals surface area contributed by atoms with Crippen LogP contribution < -0.4 is 0 Å². The monoisotopic (exact) mass is 288 g/mol. The molecule has 0 aliphatic rings. The Morgan fingerprint density at radius 3 is 1.91 bits per heavy atom. The summed E-state index contributed by atoms with van der Waals surface area (Å²) < 4.78 is 4.78. The molecule has 0 spiro atoms. The van der Waals surface area contributed by atoms with Crippen LogP contribution in [0.3, 0.4) is 0 Å². The third kappa shape index (κ3) is 2.91. The van der Waals surface area contributed by atoms with Gasteiger partial charge in [-0.25, -0.2) is 4.79 Å². The standard InChI is InChI=1S/C20H16O2/c1-22-20(21)19-12-6-11-18(14-19)17-10-5-9-16(13-17)15-7-3-2-4-8-15/h2-14H,1H3. The van der Waals surface area contributed by atoms with Crippen LogP contribution in [0.2, 0.25) is 0 Å². The van der Waals surface area contributed by atoms with Crippen molar-refractivity contribution in [2.75, 3.05) is 7.11 Å². The lowest BCUT2D eigenvalue weighted by Crippen LogP contribution is -2.00. The summed E-state index contributed by atoms with van der Waals surface area (Å²) >= 11 is 0. The fourth-order valence-corrected chi connectivity index (χ4v) is 2.45. The Balaban J connectivity index is 2.01. The van der Waals surface area contributed by atoms with Gasteiger partial charge in [0.15, 0.2) is 0 Å². The molecule has 108 valence electrons. The maximum absolute atomic E-state index is 11.7. The maximum Gasteiger partial charge on any atom is 0.337 e. The second-order valence-corrected chi connectivity index (χ2v) is 5.02. The fourth-order valence-electron chi connectivity index (χ4n) is 2.45. The number of benzene rings is 3. The molecule has 0 atom stereocenters. The smallest absolute Gasteiger partial charge is 0.337 e. The minimum Gasteiger partial charge on any atom is -0.465 e. The second kappa shape index (κ2) is 6.27. The van der Waals surface area contributed by atoms with Gasteiger partial charge in [-0.3, -0.25) is 0 Å². The van der Waals surface area contributed by atoms with E-state index in [0.29, 0.717) is 5.56 Å². The number of carbonyl (C=O) groups excluding carboxylic acids is 1. The van der Waals surface area contributed by atoms with Crippen LogP contribution >= 0.6 is 0 Å². The molecule has 22 heavy (non-hydrogen) atoms. The Labute approximate surface area is 130 Å². The fraction of sp³-hybridized carbons (Fsp3) is 0.0500. The third-order valence-electron chi connectivity index (χ3n) is 3.59. The van der Waals surface area contributed by atoms with E-state index in [2.05, 4.69) is 24.3 Å². The van der Waals surface area contributed by atoms with Crippen LogP contribution in [0.4, 0.5) is 0 Å². The van der Waals surface area contributed by atoms with Gasteiger partial charge in [-0.2, -0.15) is 0 Å². The molecule has 3 aromatic rings. The molecule has 0 bridgehead atoms. The Bertz CT molecular complexity index is 792. The number of methoxy groups -OCH3 is 1. The third-order valence-corrected chi connectivity index (χ3v) is 3.59. The average Bonchev–Trinajstić information content (AvgIpc) is 2.62. The van der Waals surface area contributed by atoms with Crippen LogP contribution in [0.25, 0.3) is 22.3 Å². The molecule has 3 aromatic carbocycles. The van der Waals surface area contributed by atoms with E-state index in [1.54, 1.807) is 6.07 Å². The minimum absolute atomic E-state index is 0.318. The number of ether oxygens (including phenoxy) is 1. The molecular weight excluding hydrogens is 272 g/mol. The van der Waals surface area contributed by atoms with Crippen molar-refractivity contribution in [1.29, 1.82) is 0 Å². The SMILES string of the molecule is COC(=O)c1cccc(-c2cccc(-c3ccccc3)c2)c1. The van der Waals surface area contributed by atoms with Crippen LogP contribution in [0, 0.1) is 0 Å². The number of rotatable bonds is 3. The van der Waals surface area contributed by atoms with Gasteiger partial charge in [0.1, 0.15) is 0 Å². The van der Waals surface area contributed by atoms with Crippen molar-refractivity contribution in [2.24, 2.45) is 0 Å². The summed E-state index contributed by atoms with van der Waals surface area (Å²) in [5.41, 5.74) is 4.97. The highest BCUT2D eigenvalue weighted by molar-refractivity contribution is 5.91. The van der Waals surface area contributed by atoms with Gasteiger partial charge in [0.25, 0.3) is 0 Å². The Hall–Kier alpha value is -2.87. The number of hydrogen-bond acceptors (Lipinski definition) is 2. The molecular formula is C20H16O2.